The molecule has 0 saturated heterocycles. The molecule has 0 aliphatic heterocycles. The summed E-state index contributed by atoms with van der Waals surface area (Å²) >= 11 is 12.2. The van der Waals surface area contributed by atoms with E-state index in [1.54, 1.807) is 36.1 Å². The maximum atomic E-state index is 12.2. The Balaban J connectivity index is 2.19. The van der Waals surface area contributed by atoms with Crippen LogP contribution >= 0.6 is 23.2 Å². The number of amides is 1. The molecule has 0 spiro atoms. The summed E-state index contributed by atoms with van der Waals surface area (Å²) in [6, 6.07) is 6.76. The predicted octanol–water partition coefficient (Wildman–Crippen LogP) is 3.77. The summed E-state index contributed by atoms with van der Waals surface area (Å²) in [7, 11) is -2.14. The van der Waals surface area contributed by atoms with E-state index in [1.807, 2.05) is 18.6 Å². The molecule has 2 aromatic rings. The number of sulfonamides is 1. The smallest absolute Gasteiger partial charge is 0.257 e. The molecule has 0 aliphatic rings. The average Bonchev–Trinajstić information content (AvgIpc) is 3.08. The number of carbonyl (C=O) groups is 1. The number of aromatic nitrogens is 2. The third-order valence-electron chi connectivity index (χ3n) is 4.29. The van der Waals surface area contributed by atoms with Gasteiger partial charge in [0.15, 0.2) is 0 Å². The molecule has 0 atom stereocenters. The van der Waals surface area contributed by atoms with E-state index in [0.717, 1.165) is 11.6 Å². The highest BCUT2D eigenvalue weighted by molar-refractivity contribution is 7.90. The second kappa shape index (κ2) is 12.2. The molecule has 176 valence electrons. The van der Waals surface area contributed by atoms with E-state index in [0.29, 0.717) is 41.3 Å². The number of benzene rings is 1. The molecule has 8 nitrogen and oxygen atoms in total. The summed E-state index contributed by atoms with van der Waals surface area (Å²) in [4.78, 5) is 12.2. The van der Waals surface area contributed by atoms with Gasteiger partial charge in [0.2, 0.25) is 15.9 Å². The van der Waals surface area contributed by atoms with Gasteiger partial charge >= 0.3 is 0 Å². The second-order valence-corrected chi connectivity index (χ2v) is 10.1. The highest BCUT2D eigenvalue weighted by Crippen LogP contribution is 2.23. The van der Waals surface area contributed by atoms with Crippen molar-refractivity contribution in [3.63, 3.8) is 0 Å². The van der Waals surface area contributed by atoms with E-state index in [2.05, 4.69) is 5.10 Å². The molecule has 11 heteroatoms. The molecule has 1 aromatic heterocycles. The maximum absolute atomic E-state index is 12.2. The minimum Gasteiger partial charge on any atom is -0.474 e. The van der Waals surface area contributed by atoms with Crippen LogP contribution in [-0.4, -0.2) is 50.2 Å². The molecule has 0 radical (unpaired) electrons. The fraction of sp³-hybridized carbons (Fsp3) is 0.429. The molecule has 0 bridgehead atoms. The van der Waals surface area contributed by atoms with Crippen molar-refractivity contribution in [2.75, 3.05) is 26.1 Å². The van der Waals surface area contributed by atoms with E-state index in [9.17, 15) is 13.2 Å². The van der Waals surface area contributed by atoms with Crippen molar-refractivity contribution in [1.29, 1.82) is 0 Å². The van der Waals surface area contributed by atoms with Crippen molar-refractivity contribution in [3.8, 4) is 5.88 Å². The Hall–Kier alpha value is -2.07. The van der Waals surface area contributed by atoms with Crippen molar-refractivity contribution in [1.82, 2.24) is 14.5 Å². The molecule has 32 heavy (non-hydrogen) atoms. The molecule has 1 amide bonds. The zero-order chi connectivity index (χ0) is 23.7. The van der Waals surface area contributed by atoms with Crippen LogP contribution in [0.2, 0.25) is 10.0 Å². The zero-order valence-corrected chi connectivity index (χ0v) is 20.5. The number of nitrogens with one attached hydrogen (secondary N) is 1. The van der Waals surface area contributed by atoms with Crippen LogP contribution in [0.4, 0.5) is 0 Å². The summed E-state index contributed by atoms with van der Waals surface area (Å²) in [5.41, 5.74) is 1.29. The van der Waals surface area contributed by atoms with Gasteiger partial charge in [-0.05, 0) is 36.1 Å². The normalized spacial score (nSPS) is 11.9. The Bertz CT molecular complexity index is 1050. The summed E-state index contributed by atoms with van der Waals surface area (Å²) in [6.07, 6.45) is 3.07. The molecular formula is C21H27Cl2N3O5S. The van der Waals surface area contributed by atoms with Gasteiger partial charge in [-0.15, -0.1) is 5.10 Å². The fourth-order valence-corrected chi connectivity index (χ4v) is 4.30. The van der Waals surface area contributed by atoms with Crippen LogP contribution < -0.4 is 9.46 Å². The first-order valence-electron chi connectivity index (χ1n) is 9.95. The number of methoxy groups -OCH3 is 1. The molecule has 2 rings (SSSR count). The van der Waals surface area contributed by atoms with Gasteiger partial charge in [-0.3, -0.25) is 9.48 Å². The topological polar surface area (TPSA) is 99.5 Å². The zero-order valence-electron chi connectivity index (χ0n) is 18.2. The highest BCUT2D eigenvalue weighted by atomic mass is 35.5. The third-order valence-corrected chi connectivity index (χ3v) is 6.16. The predicted molar refractivity (Wildman–Crippen MR) is 126 cm³/mol. The lowest BCUT2D eigenvalue weighted by Gasteiger charge is -2.08. The van der Waals surface area contributed by atoms with Gasteiger partial charge in [-0.25, -0.2) is 13.1 Å². The van der Waals surface area contributed by atoms with E-state index < -0.39 is 15.9 Å². The highest BCUT2D eigenvalue weighted by Gasteiger charge is 2.14. The van der Waals surface area contributed by atoms with Crippen LogP contribution in [0.1, 0.15) is 31.5 Å². The average molecular weight is 504 g/mol. The monoisotopic (exact) mass is 503 g/mol. The summed E-state index contributed by atoms with van der Waals surface area (Å²) in [5.74, 6) is -0.318. The Morgan fingerprint density at radius 3 is 2.66 bits per heavy atom. The SMILES string of the molecule is COCCOc1cc(/C=C/C(=O)NS(=O)(=O)CCC(C)C)n(Cc2ccc(Cl)cc2Cl)n1. The van der Waals surface area contributed by atoms with E-state index in [1.165, 1.54) is 6.08 Å². The Morgan fingerprint density at radius 1 is 1.25 bits per heavy atom. The van der Waals surface area contributed by atoms with Crippen molar-refractivity contribution >= 4 is 45.2 Å². The van der Waals surface area contributed by atoms with Crippen LogP contribution in [0, 0.1) is 5.92 Å². The van der Waals surface area contributed by atoms with Crippen LogP contribution in [-0.2, 0) is 26.1 Å². The Kier molecular flexibility index (Phi) is 10.0. The van der Waals surface area contributed by atoms with Gasteiger partial charge in [0.05, 0.1) is 24.6 Å². The van der Waals surface area contributed by atoms with Gasteiger partial charge in [0, 0.05) is 29.3 Å². The van der Waals surface area contributed by atoms with Crippen LogP contribution in [0.25, 0.3) is 6.08 Å². The van der Waals surface area contributed by atoms with Gasteiger partial charge < -0.3 is 9.47 Å². The number of hydrogen-bond donors (Lipinski definition) is 1. The summed E-state index contributed by atoms with van der Waals surface area (Å²) < 4.78 is 38.2. The standard InChI is InChI=1S/C21H27Cl2N3O5S/c1-15(2)8-11-32(28,29)25-20(27)7-6-18-13-21(31-10-9-30-3)24-26(18)14-16-4-5-17(22)12-19(16)23/h4-7,12-13,15H,8-11,14H2,1-3H3,(H,25,27)/b7-6+. The van der Waals surface area contributed by atoms with E-state index in [-0.39, 0.29) is 18.2 Å². The number of ether oxygens (including phenoxy) is 2. The van der Waals surface area contributed by atoms with Crippen molar-refractivity contribution in [2.24, 2.45) is 5.92 Å². The molecule has 0 unspecified atom stereocenters. The van der Waals surface area contributed by atoms with Crippen molar-refractivity contribution in [3.05, 3.63) is 51.6 Å². The first kappa shape index (κ1) is 26.2. The van der Waals surface area contributed by atoms with Gasteiger partial charge in [-0.2, -0.15) is 0 Å². The third kappa shape index (κ3) is 8.82. The van der Waals surface area contributed by atoms with Gasteiger partial charge in [0.1, 0.15) is 6.61 Å². The van der Waals surface area contributed by atoms with Crippen LogP contribution in [0.3, 0.4) is 0 Å². The molecule has 0 aliphatic carbocycles. The van der Waals surface area contributed by atoms with Crippen LogP contribution in [0.15, 0.2) is 30.3 Å². The van der Waals surface area contributed by atoms with E-state index >= 15 is 0 Å². The minimum absolute atomic E-state index is 0.116. The molecule has 0 fully saturated rings. The Labute approximate surface area is 198 Å². The van der Waals surface area contributed by atoms with Crippen LogP contribution in [0.5, 0.6) is 5.88 Å². The number of nitrogens with zero attached hydrogens (tertiary/aromatic N) is 2. The first-order valence-corrected chi connectivity index (χ1v) is 12.4. The molecular weight excluding hydrogens is 477 g/mol. The van der Waals surface area contributed by atoms with E-state index in [4.69, 9.17) is 32.7 Å². The number of halogens is 2. The second-order valence-electron chi connectivity index (χ2n) is 7.44. The lowest BCUT2D eigenvalue weighted by atomic mass is 10.2. The minimum atomic E-state index is -3.70. The lowest BCUT2D eigenvalue weighted by Crippen LogP contribution is -2.31. The molecule has 1 heterocycles. The number of rotatable bonds is 12. The summed E-state index contributed by atoms with van der Waals surface area (Å²) in [5, 5.41) is 5.37. The molecule has 1 aromatic carbocycles. The lowest BCUT2D eigenvalue weighted by molar-refractivity contribution is -0.114. The summed E-state index contributed by atoms with van der Waals surface area (Å²) in [6.45, 7) is 4.80. The first-order chi connectivity index (χ1) is 15.1. The quantitative estimate of drug-likeness (QED) is 0.349. The van der Waals surface area contributed by atoms with Crippen molar-refractivity contribution < 1.29 is 22.7 Å². The number of hydrogen-bond acceptors (Lipinski definition) is 6. The molecule has 0 saturated carbocycles. The van der Waals surface area contributed by atoms with Crippen molar-refractivity contribution in [2.45, 2.75) is 26.8 Å². The Morgan fingerprint density at radius 2 is 2.00 bits per heavy atom. The van der Waals surface area contributed by atoms with Gasteiger partial charge in [-0.1, -0.05) is 43.1 Å². The maximum Gasteiger partial charge on any atom is 0.257 e. The van der Waals surface area contributed by atoms with Gasteiger partial charge in [0.25, 0.3) is 5.91 Å². The number of carbonyl (C=O) groups excluding carboxylic acids is 1. The fourth-order valence-electron chi connectivity index (χ4n) is 2.57. The molecule has 1 N–H and O–H groups in total. The largest absolute Gasteiger partial charge is 0.474 e.